The van der Waals surface area contributed by atoms with Crippen molar-refractivity contribution in [3.05, 3.63) is 28.8 Å². The molecule has 1 saturated carbocycles. The van der Waals surface area contributed by atoms with Gasteiger partial charge in [-0.3, -0.25) is 4.79 Å². The smallest absolute Gasteiger partial charge is 0.133 e. The number of ketones is 1. The number of carbonyl (C=O) groups excluding carboxylic acids is 1. The molecule has 0 amide bonds. The van der Waals surface area contributed by atoms with E-state index in [2.05, 4.69) is 26.0 Å². The van der Waals surface area contributed by atoms with Crippen molar-refractivity contribution in [2.75, 3.05) is 7.11 Å². The summed E-state index contributed by atoms with van der Waals surface area (Å²) in [6, 6.07) is 4.30. The third-order valence-electron chi connectivity index (χ3n) is 3.96. The Labute approximate surface area is 109 Å². The van der Waals surface area contributed by atoms with Gasteiger partial charge >= 0.3 is 0 Å². The summed E-state index contributed by atoms with van der Waals surface area (Å²) in [4.78, 5) is 11.8. The van der Waals surface area contributed by atoms with E-state index in [1.54, 1.807) is 7.11 Å². The fourth-order valence-electron chi connectivity index (χ4n) is 2.93. The van der Waals surface area contributed by atoms with Crippen LogP contribution in [-0.4, -0.2) is 12.9 Å². The molecule has 2 nitrogen and oxygen atoms in total. The van der Waals surface area contributed by atoms with E-state index in [0.717, 1.165) is 30.6 Å². The van der Waals surface area contributed by atoms with Crippen molar-refractivity contribution in [1.82, 2.24) is 0 Å². The lowest BCUT2D eigenvalue weighted by Crippen LogP contribution is -2.06. The van der Waals surface area contributed by atoms with Crippen LogP contribution in [0.25, 0.3) is 0 Å². The third kappa shape index (κ3) is 2.74. The van der Waals surface area contributed by atoms with E-state index in [9.17, 15) is 4.79 Å². The summed E-state index contributed by atoms with van der Waals surface area (Å²) >= 11 is 0. The zero-order valence-electron chi connectivity index (χ0n) is 11.6. The second-order valence-corrected chi connectivity index (χ2v) is 5.36. The fraction of sp³-hybridized carbons (Fsp3) is 0.562. The molecule has 0 radical (unpaired) electrons. The molecular formula is C16H22O2. The molecule has 0 aromatic heterocycles. The summed E-state index contributed by atoms with van der Waals surface area (Å²) in [5, 5.41) is 0. The number of methoxy groups -OCH3 is 1. The summed E-state index contributed by atoms with van der Waals surface area (Å²) in [5.41, 5.74) is 3.75. The van der Waals surface area contributed by atoms with Crippen molar-refractivity contribution in [3.63, 3.8) is 0 Å². The van der Waals surface area contributed by atoms with Crippen LogP contribution in [0.1, 0.15) is 54.7 Å². The van der Waals surface area contributed by atoms with Crippen LogP contribution in [0.4, 0.5) is 0 Å². The molecule has 1 unspecified atom stereocenters. The monoisotopic (exact) mass is 246 g/mol. The maximum Gasteiger partial charge on any atom is 0.133 e. The quantitative estimate of drug-likeness (QED) is 0.739. The minimum atomic E-state index is 0.407. The summed E-state index contributed by atoms with van der Waals surface area (Å²) < 4.78 is 5.35. The van der Waals surface area contributed by atoms with Crippen LogP contribution in [0.15, 0.2) is 12.1 Å². The fourth-order valence-corrected chi connectivity index (χ4v) is 2.93. The van der Waals surface area contributed by atoms with Crippen LogP contribution in [-0.2, 0) is 4.79 Å². The lowest BCUT2D eigenvalue weighted by molar-refractivity contribution is -0.119. The zero-order valence-corrected chi connectivity index (χ0v) is 11.6. The van der Waals surface area contributed by atoms with E-state index in [0.29, 0.717) is 18.1 Å². The number of carbonyl (C=O) groups is 1. The Morgan fingerprint density at radius 1 is 1.17 bits per heavy atom. The van der Waals surface area contributed by atoms with E-state index >= 15 is 0 Å². The Bertz CT molecular complexity index is 449. The molecule has 1 aliphatic rings. The highest BCUT2D eigenvalue weighted by atomic mass is 16.5. The van der Waals surface area contributed by atoms with E-state index in [4.69, 9.17) is 4.74 Å². The Morgan fingerprint density at radius 2 is 1.94 bits per heavy atom. The molecule has 0 aliphatic heterocycles. The van der Waals surface area contributed by atoms with Crippen LogP contribution in [0, 0.1) is 13.8 Å². The van der Waals surface area contributed by atoms with Gasteiger partial charge in [0.05, 0.1) is 7.11 Å². The normalized spacial score (nSPS) is 20.6. The minimum absolute atomic E-state index is 0.407. The SMILES string of the molecule is COc1cc(C)c(C2CCCCC(=O)C2)cc1C. The highest BCUT2D eigenvalue weighted by Crippen LogP contribution is 2.34. The Hall–Kier alpha value is -1.31. The van der Waals surface area contributed by atoms with Gasteiger partial charge in [0, 0.05) is 12.8 Å². The first kappa shape index (κ1) is 13.1. The largest absolute Gasteiger partial charge is 0.496 e. The third-order valence-corrected chi connectivity index (χ3v) is 3.96. The van der Waals surface area contributed by atoms with E-state index < -0.39 is 0 Å². The molecule has 1 aromatic carbocycles. The van der Waals surface area contributed by atoms with Crippen molar-refractivity contribution in [1.29, 1.82) is 0 Å². The van der Waals surface area contributed by atoms with Gasteiger partial charge in [0.25, 0.3) is 0 Å². The number of hydrogen-bond donors (Lipinski definition) is 0. The van der Waals surface area contributed by atoms with Gasteiger partial charge in [-0.2, -0.15) is 0 Å². The van der Waals surface area contributed by atoms with Gasteiger partial charge in [-0.1, -0.05) is 12.5 Å². The second-order valence-electron chi connectivity index (χ2n) is 5.36. The molecule has 0 bridgehead atoms. The van der Waals surface area contributed by atoms with Crippen molar-refractivity contribution in [2.45, 2.75) is 51.9 Å². The number of hydrogen-bond acceptors (Lipinski definition) is 2. The number of ether oxygens (including phenoxy) is 1. The lowest BCUT2D eigenvalue weighted by Gasteiger charge is -2.18. The van der Waals surface area contributed by atoms with Crippen molar-refractivity contribution in [3.8, 4) is 5.75 Å². The summed E-state index contributed by atoms with van der Waals surface area (Å²) in [6.45, 7) is 4.19. The average Bonchev–Trinajstić information content (AvgIpc) is 2.56. The molecule has 0 N–H and O–H groups in total. The van der Waals surface area contributed by atoms with Crippen molar-refractivity contribution >= 4 is 5.78 Å². The van der Waals surface area contributed by atoms with Crippen LogP contribution in [0.3, 0.4) is 0 Å². The molecule has 0 spiro atoms. The number of benzene rings is 1. The number of aryl methyl sites for hydroxylation is 2. The topological polar surface area (TPSA) is 26.3 Å². The Balaban J connectivity index is 2.31. The highest BCUT2D eigenvalue weighted by Gasteiger charge is 2.21. The number of rotatable bonds is 2. The summed E-state index contributed by atoms with van der Waals surface area (Å²) in [7, 11) is 1.70. The first-order valence-corrected chi connectivity index (χ1v) is 6.78. The predicted octanol–water partition coefficient (Wildman–Crippen LogP) is 3.93. The van der Waals surface area contributed by atoms with Crippen LogP contribution >= 0.6 is 0 Å². The first-order valence-electron chi connectivity index (χ1n) is 6.78. The van der Waals surface area contributed by atoms with Gasteiger partial charge in [0.1, 0.15) is 11.5 Å². The predicted molar refractivity (Wildman–Crippen MR) is 73.3 cm³/mol. The van der Waals surface area contributed by atoms with E-state index in [1.807, 2.05) is 0 Å². The van der Waals surface area contributed by atoms with E-state index in [1.165, 1.54) is 17.5 Å². The van der Waals surface area contributed by atoms with Gasteiger partial charge in [-0.05, 0) is 55.4 Å². The van der Waals surface area contributed by atoms with Gasteiger partial charge in [0.2, 0.25) is 0 Å². The minimum Gasteiger partial charge on any atom is -0.496 e. The van der Waals surface area contributed by atoms with Gasteiger partial charge in [-0.25, -0.2) is 0 Å². The maximum absolute atomic E-state index is 11.8. The molecule has 1 aromatic rings. The second kappa shape index (κ2) is 5.55. The lowest BCUT2D eigenvalue weighted by atomic mass is 9.87. The maximum atomic E-state index is 11.8. The Kier molecular flexibility index (Phi) is 4.05. The molecule has 1 atom stereocenters. The van der Waals surface area contributed by atoms with Crippen LogP contribution in [0.5, 0.6) is 5.75 Å². The van der Waals surface area contributed by atoms with Crippen molar-refractivity contribution < 1.29 is 9.53 Å². The summed E-state index contributed by atoms with van der Waals surface area (Å²) in [6.07, 6.45) is 4.85. The van der Waals surface area contributed by atoms with Gasteiger partial charge in [-0.15, -0.1) is 0 Å². The van der Waals surface area contributed by atoms with Gasteiger partial charge < -0.3 is 4.74 Å². The van der Waals surface area contributed by atoms with Crippen LogP contribution < -0.4 is 4.74 Å². The highest BCUT2D eigenvalue weighted by molar-refractivity contribution is 5.79. The molecule has 1 aliphatic carbocycles. The molecule has 2 rings (SSSR count). The standard InChI is InChI=1S/C16H22O2/c1-11-9-16(18-3)12(2)8-15(11)13-6-4-5-7-14(17)10-13/h8-9,13H,4-7,10H2,1-3H3. The molecule has 1 fully saturated rings. The zero-order chi connectivity index (χ0) is 13.1. The number of Topliss-reactive ketones (excluding diaryl/α,β-unsaturated/α-hetero) is 1. The molecule has 0 saturated heterocycles. The van der Waals surface area contributed by atoms with Gasteiger partial charge in [0.15, 0.2) is 0 Å². The Morgan fingerprint density at radius 3 is 2.67 bits per heavy atom. The molecule has 18 heavy (non-hydrogen) atoms. The van der Waals surface area contributed by atoms with Crippen LogP contribution in [0.2, 0.25) is 0 Å². The van der Waals surface area contributed by atoms with E-state index in [-0.39, 0.29) is 0 Å². The molecule has 98 valence electrons. The average molecular weight is 246 g/mol. The molecular weight excluding hydrogens is 224 g/mol. The van der Waals surface area contributed by atoms with Crippen molar-refractivity contribution in [2.24, 2.45) is 0 Å². The molecule has 0 heterocycles. The molecule has 2 heteroatoms. The first-order chi connectivity index (χ1) is 8.61. The summed E-state index contributed by atoms with van der Waals surface area (Å²) in [5.74, 6) is 1.77.